The molecular formula is C21H20FN3O2. The molecule has 5 nitrogen and oxygen atoms in total. The predicted molar refractivity (Wildman–Crippen MR) is 103 cm³/mol. The van der Waals surface area contributed by atoms with E-state index in [0.29, 0.717) is 11.3 Å². The third-order valence-corrected chi connectivity index (χ3v) is 4.14. The van der Waals surface area contributed by atoms with Crippen molar-refractivity contribution < 1.29 is 14.3 Å². The predicted octanol–water partition coefficient (Wildman–Crippen LogP) is 3.61. The van der Waals surface area contributed by atoms with Gasteiger partial charge in [-0.1, -0.05) is 30.3 Å². The number of hydrogen-bond acceptors (Lipinski definition) is 3. The van der Waals surface area contributed by atoms with Gasteiger partial charge in [0.2, 0.25) is 0 Å². The number of pyridine rings is 1. The Bertz CT molecular complexity index is 885. The molecule has 1 aromatic heterocycles. The van der Waals surface area contributed by atoms with E-state index in [2.05, 4.69) is 15.6 Å². The molecule has 0 saturated heterocycles. The average Bonchev–Trinajstić information content (AvgIpc) is 2.70. The van der Waals surface area contributed by atoms with Gasteiger partial charge in [-0.15, -0.1) is 0 Å². The summed E-state index contributed by atoms with van der Waals surface area (Å²) < 4.78 is 13.7. The second-order valence-corrected chi connectivity index (χ2v) is 6.09. The molecule has 27 heavy (non-hydrogen) atoms. The largest absolute Gasteiger partial charge is 0.394 e. The lowest BCUT2D eigenvalue weighted by Gasteiger charge is -2.17. The molecule has 3 rings (SSSR count). The van der Waals surface area contributed by atoms with Crippen molar-refractivity contribution in [3.63, 3.8) is 0 Å². The number of halogens is 1. The summed E-state index contributed by atoms with van der Waals surface area (Å²) in [5.41, 5.74) is 3.11. The van der Waals surface area contributed by atoms with Gasteiger partial charge < -0.3 is 15.7 Å². The van der Waals surface area contributed by atoms with E-state index in [1.165, 1.54) is 6.07 Å². The number of amides is 2. The Labute approximate surface area is 156 Å². The summed E-state index contributed by atoms with van der Waals surface area (Å²) in [6.45, 7) is -0.289. The zero-order valence-electron chi connectivity index (χ0n) is 14.6. The standard InChI is InChI=1S/C21H20FN3O2/c22-20-4-2-1-3-17(20)13-19(14-26)25-21(27)24-18-7-5-15(6-8-18)16-9-11-23-12-10-16/h1-12,19,26H,13-14H2,(H2,24,25,27). The van der Waals surface area contributed by atoms with E-state index in [0.717, 1.165) is 11.1 Å². The van der Waals surface area contributed by atoms with Gasteiger partial charge in [-0.25, -0.2) is 9.18 Å². The molecule has 0 saturated carbocycles. The Morgan fingerprint density at radius 2 is 1.67 bits per heavy atom. The molecule has 0 aliphatic carbocycles. The minimum absolute atomic E-state index is 0.206. The van der Waals surface area contributed by atoms with E-state index in [-0.39, 0.29) is 18.8 Å². The monoisotopic (exact) mass is 365 g/mol. The number of benzene rings is 2. The highest BCUT2D eigenvalue weighted by Crippen LogP contribution is 2.20. The smallest absolute Gasteiger partial charge is 0.319 e. The van der Waals surface area contributed by atoms with Crippen molar-refractivity contribution in [1.29, 1.82) is 0 Å². The maximum atomic E-state index is 13.7. The molecule has 0 radical (unpaired) electrons. The Kier molecular flexibility index (Phi) is 6.12. The maximum Gasteiger partial charge on any atom is 0.319 e. The van der Waals surface area contributed by atoms with Gasteiger partial charge in [0, 0.05) is 18.1 Å². The average molecular weight is 365 g/mol. The van der Waals surface area contributed by atoms with Crippen molar-refractivity contribution in [1.82, 2.24) is 10.3 Å². The number of urea groups is 1. The van der Waals surface area contributed by atoms with Gasteiger partial charge in [-0.05, 0) is 53.4 Å². The number of nitrogens with zero attached hydrogens (tertiary/aromatic N) is 1. The zero-order chi connectivity index (χ0) is 19.1. The molecule has 0 bridgehead atoms. The maximum absolute atomic E-state index is 13.7. The fourth-order valence-electron chi connectivity index (χ4n) is 2.73. The highest BCUT2D eigenvalue weighted by atomic mass is 19.1. The third kappa shape index (κ3) is 5.12. The van der Waals surface area contributed by atoms with Crippen molar-refractivity contribution in [3.8, 4) is 11.1 Å². The molecule has 1 atom stereocenters. The van der Waals surface area contributed by atoms with Crippen molar-refractivity contribution in [2.75, 3.05) is 11.9 Å². The fourth-order valence-corrected chi connectivity index (χ4v) is 2.73. The van der Waals surface area contributed by atoms with Gasteiger partial charge >= 0.3 is 6.03 Å². The summed E-state index contributed by atoms with van der Waals surface area (Å²) in [5.74, 6) is -0.357. The number of aliphatic hydroxyl groups is 1. The summed E-state index contributed by atoms with van der Waals surface area (Å²) in [4.78, 5) is 16.2. The lowest BCUT2D eigenvalue weighted by molar-refractivity contribution is 0.223. The van der Waals surface area contributed by atoms with Crippen molar-refractivity contribution in [2.24, 2.45) is 0 Å². The van der Waals surface area contributed by atoms with Gasteiger partial charge in [0.1, 0.15) is 5.82 Å². The molecule has 1 unspecified atom stereocenters. The third-order valence-electron chi connectivity index (χ3n) is 4.14. The normalized spacial score (nSPS) is 11.6. The number of carbonyl (C=O) groups excluding carboxylic acids is 1. The second-order valence-electron chi connectivity index (χ2n) is 6.09. The quantitative estimate of drug-likeness (QED) is 0.625. The van der Waals surface area contributed by atoms with E-state index >= 15 is 0 Å². The molecule has 3 N–H and O–H groups in total. The van der Waals surface area contributed by atoms with Crippen molar-refractivity contribution in [2.45, 2.75) is 12.5 Å². The number of nitrogens with one attached hydrogen (secondary N) is 2. The van der Waals surface area contributed by atoms with Crippen LogP contribution < -0.4 is 10.6 Å². The molecule has 3 aromatic rings. The molecule has 0 spiro atoms. The highest BCUT2D eigenvalue weighted by molar-refractivity contribution is 5.89. The van der Waals surface area contributed by atoms with Crippen molar-refractivity contribution in [3.05, 3.63) is 84.4 Å². The van der Waals surface area contributed by atoms with E-state index in [1.807, 2.05) is 24.3 Å². The Hall–Kier alpha value is -3.25. The number of aliphatic hydroxyl groups excluding tert-OH is 1. The first-order valence-electron chi connectivity index (χ1n) is 8.58. The van der Waals surface area contributed by atoms with Crippen LogP contribution in [0.15, 0.2) is 73.1 Å². The summed E-state index contributed by atoms with van der Waals surface area (Å²) in [5, 5.41) is 14.9. The number of rotatable bonds is 6. The second kappa shape index (κ2) is 8.91. The van der Waals surface area contributed by atoms with Crippen LogP contribution in [0.4, 0.5) is 14.9 Å². The lowest BCUT2D eigenvalue weighted by atomic mass is 10.1. The number of aromatic nitrogens is 1. The van der Waals surface area contributed by atoms with Crippen LogP contribution in [0.25, 0.3) is 11.1 Å². The topological polar surface area (TPSA) is 74.2 Å². The van der Waals surface area contributed by atoms with E-state index < -0.39 is 12.1 Å². The highest BCUT2D eigenvalue weighted by Gasteiger charge is 2.14. The van der Waals surface area contributed by atoms with Gasteiger partial charge in [0.25, 0.3) is 0 Å². The van der Waals surface area contributed by atoms with E-state index in [1.54, 1.807) is 42.7 Å². The Morgan fingerprint density at radius 3 is 2.33 bits per heavy atom. The molecule has 0 fully saturated rings. The van der Waals surface area contributed by atoms with Crippen LogP contribution in [0.1, 0.15) is 5.56 Å². The van der Waals surface area contributed by atoms with Crippen LogP contribution in [-0.2, 0) is 6.42 Å². The Balaban J connectivity index is 1.58. The van der Waals surface area contributed by atoms with Gasteiger partial charge in [0.15, 0.2) is 0 Å². The van der Waals surface area contributed by atoms with Crippen LogP contribution in [0.2, 0.25) is 0 Å². The lowest BCUT2D eigenvalue weighted by Crippen LogP contribution is -2.41. The number of anilines is 1. The first-order chi connectivity index (χ1) is 13.2. The molecule has 0 aliphatic rings. The fraction of sp³-hybridized carbons (Fsp3) is 0.143. The molecule has 0 aliphatic heterocycles. The first kappa shape index (κ1) is 18.5. The first-order valence-corrected chi connectivity index (χ1v) is 8.58. The molecule has 2 amide bonds. The number of hydrogen-bond donors (Lipinski definition) is 3. The van der Waals surface area contributed by atoms with Crippen LogP contribution in [0, 0.1) is 5.82 Å². The summed E-state index contributed by atoms with van der Waals surface area (Å²) >= 11 is 0. The van der Waals surface area contributed by atoms with Crippen LogP contribution in [0.3, 0.4) is 0 Å². The molecule has 138 valence electrons. The molecule has 1 heterocycles. The molecular weight excluding hydrogens is 345 g/mol. The molecule has 2 aromatic carbocycles. The van der Waals surface area contributed by atoms with Crippen LogP contribution in [-0.4, -0.2) is 28.8 Å². The van der Waals surface area contributed by atoms with Gasteiger partial charge in [-0.3, -0.25) is 4.98 Å². The minimum atomic E-state index is -0.585. The van der Waals surface area contributed by atoms with Gasteiger partial charge in [-0.2, -0.15) is 0 Å². The summed E-state index contributed by atoms with van der Waals surface area (Å²) in [7, 11) is 0. The van der Waals surface area contributed by atoms with Crippen molar-refractivity contribution >= 4 is 11.7 Å². The Morgan fingerprint density at radius 1 is 1.00 bits per heavy atom. The van der Waals surface area contributed by atoms with E-state index in [9.17, 15) is 14.3 Å². The molecule has 6 heteroatoms. The van der Waals surface area contributed by atoms with Crippen LogP contribution >= 0.6 is 0 Å². The minimum Gasteiger partial charge on any atom is -0.394 e. The zero-order valence-corrected chi connectivity index (χ0v) is 14.6. The van der Waals surface area contributed by atoms with E-state index in [4.69, 9.17) is 0 Å². The summed E-state index contributed by atoms with van der Waals surface area (Å²) in [6.07, 6.45) is 3.65. The SMILES string of the molecule is O=C(Nc1ccc(-c2ccncc2)cc1)NC(CO)Cc1ccccc1F. The number of carbonyl (C=O) groups is 1. The van der Waals surface area contributed by atoms with Gasteiger partial charge in [0.05, 0.1) is 12.6 Å². The van der Waals surface area contributed by atoms with Crippen LogP contribution in [0.5, 0.6) is 0 Å². The summed E-state index contributed by atoms with van der Waals surface area (Å²) in [6, 6.07) is 16.5.